The van der Waals surface area contributed by atoms with Gasteiger partial charge in [-0.15, -0.1) is 0 Å². The fraction of sp³-hybridized carbons (Fsp3) is 0.154. The van der Waals surface area contributed by atoms with Crippen LogP contribution in [0.3, 0.4) is 0 Å². The van der Waals surface area contributed by atoms with Crippen molar-refractivity contribution in [1.29, 1.82) is 0 Å². The second-order valence-electron chi connectivity index (χ2n) is 3.79. The number of benzene rings is 1. The number of aromatic nitrogens is 1. The molecule has 0 aliphatic heterocycles. The quantitative estimate of drug-likeness (QED) is 0.926. The molecule has 94 valence electrons. The van der Waals surface area contributed by atoms with Crippen molar-refractivity contribution in [3.63, 3.8) is 0 Å². The van der Waals surface area contributed by atoms with E-state index < -0.39 is 0 Å². The summed E-state index contributed by atoms with van der Waals surface area (Å²) in [6.07, 6.45) is 1.18. The summed E-state index contributed by atoms with van der Waals surface area (Å²) in [5.74, 6) is -0.370. The lowest BCUT2D eigenvalue weighted by Gasteiger charge is -2.17. The maximum atomic E-state index is 12.9. The van der Waals surface area contributed by atoms with Crippen LogP contribution in [0.2, 0.25) is 10.0 Å². The summed E-state index contributed by atoms with van der Waals surface area (Å²) in [4.78, 5) is 4.06. The highest BCUT2D eigenvalue weighted by molar-refractivity contribution is 6.33. The van der Waals surface area contributed by atoms with E-state index in [1.165, 1.54) is 12.3 Å². The van der Waals surface area contributed by atoms with Gasteiger partial charge in [0.25, 0.3) is 0 Å². The maximum absolute atomic E-state index is 12.9. The van der Waals surface area contributed by atoms with Gasteiger partial charge in [-0.25, -0.2) is 4.39 Å². The average Bonchev–Trinajstić information content (AvgIpc) is 2.37. The van der Waals surface area contributed by atoms with Gasteiger partial charge >= 0.3 is 0 Å². The first-order valence-corrected chi connectivity index (χ1v) is 6.11. The lowest BCUT2D eigenvalue weighted by molar-refractivity contribution is 0.610. The molecule has 1 aromatic carbocycles. The van der Waals surface area contributed by atoms with E-state index in [-0.39, 0.29) is 11.9 Å². The Morgan fingerprint density at radius 3 is 2.61 bits per heavy atom. The normalized spacial score (nSPS) is 12.4. The molecule has 2 rings (SSSR count). The van der Waals surface area contributed by atoms with E-state index in [1.807, 2.05) is 0 Å². The fourth-order valence-electron chi connectivity index (χ4n) is 1.76. The van der Waals surface area contributed by atoms with E-state index in [2.05, 4.69) is 10.3 Å². The standard InChI is InChI=1S/C13H11Cl2FN2/c1-17-13(12-5-3-9(16)7-18-12)10-6-8(14)2-4-11(10)15/h2-7,13,17H,1H3. The van der Waals surface area contributed by atoms with Crippen LogP contribution in [-0.4, -0.2) is 12.0 Å². The highest BCUT2D eigenvalue weighted by Gasteiger charge is 2.16. The summed E-state index contributed by atoms with van der Waals surface area (Å²) >= 11 is 12.1. The lowest BCUT2D eigenvalue weighted by atomic mass is 10.0. The molecule has 1 atom stereocenters. The predicted molar refractivity (Wildman–Crippen MR) is 71.6 cm³/mol. The number of rotatable bonds is 3. The van der Waals surface area contributed by atoms with Crippen LogP contribution in [0.15, 0.2) is 36.5 Å². The van der Waals surface area contributed by atoms with Gasteiger partial charge in [-0.2, -0.15) is 0 Å². The molecule has 1 aromatic heterocycles. The van der Waals surface area contributed by atoms with Gasteiger partial charge in [0.05, 0.1) is 17.9 Å². The third kappa shape index (κ3) is 2.80. The third-order valence-electron chi connectivity index (χ3n) is 2.60. The zero-order valence-corrected chi connectivity index (χ0v) is 11.1. The summed E-state index contributed by atoms with van der Waals surface area (Å²) in [5.41, 5.74) is 1.49. The summed E-state index contributed by atoms with van der Waals surface area (Å²) in [6, 6.07) is 7.98. The first-order chi connectivity index (χ1) is 8.61. The molecule has 0 saturated heterocycles. The molecule has 0 aliphatic rings. The highest BCUT2D eigenvalue weighted by atomic mass is 35.5. The number of halogens is 3. The van der Waals surface area contributed by atoms with E-state index >= 15 is 0 Å². The topological polar surface area (TPSA) is 24.9 Å². The van der Waals surface area contributed by atoms with Crippen LogP contribution in [0.5, 0.6) is 0 Å². The molecule has 0 fully saturated rings. The van der Waals surface area contributed by atoms with E-state index in [0.717, 1.165) is 5.56 Å². The van der Waals surface area contributed by atoms with Crippen molar-refractivity contribution in [2.45, 2.75) is 6.04 Å². The molecule has 0 aliphatic carbocycles. The summed E-state index contributed by atoms with van der Waals surface area (Å²) in [6.45, 7) is 0. The molecule has 0 saturated carbocycles. The van der Waals surface area contributed by atoms with E-state index in [9.17, 15) is 4.39 Å². The van der Waals surface area contributed by atoms with Crippen molar-refractivity contribution in [3.05, 3.63) is 63.6 Å². The molecule has 5 heteroatoms. The Labute approximate surface area is 115 Å². The Bertz CT molecular complexity index is 543. The van der Waals surface area contributed by atoms with Crippen LogP contribution in [0.1, 0.15) is 17.3 Å². The maximum Gasteiger partial charge on any atom is 0.141 e. The zero-order chi connectivity index (χ0) is 13.1. The lowest BCUT2D eigenvalue weighted by Crippen LogP contribution is -2.19. The van der Waals surface area contributed by atoms with Crippen molar-refractivity contribution >= 4 is 23.2 Å². The van der Waals surface area contributed by atoms with Crippen molar-refractivity contribution in [1.82, 2.24) is 10.3 Å². The average molecular weight is 285 g/mol. The molecule has 0 amide bonds. The molecular weight excluding hydrogens is 274 g/mol. The monoisotopic (exact) mass is 284 g/mol. The Morgan fingerprint density at radius 1 is 1.22 bits per heavy atom. The van der Waals surface area contributed by atoms with Crippen LogP contribution in [-0.2, 0) is 0 Å². The van der Waals surface area contributed by atoms with E-state index in [1.54, 1.807) is 31.3 Å². The second kappa shape index (κ2) is 5.65. The predicted octanol–water partition coefficient (Wildman–Crippen LogP) is 3.84. The molecule has 1 unspecified atom stereocenters. The molecule has 0 radical (unpaired) electrons. The number of nitrogens with one attached hydrogen (secondary N) is 1. The minimum absolute atomic E-state index is 0.225. The third-order valence-corrected chi connectivity index (χ3v) is 3.18. The number of hydrogen-bond acceptors (Lipinski definition) is 2. The first kappa shape index (κ1) is 13.3. The van der Waals surface area contributed by atoms with Gasteiger partial charge in [-0.05, 0) is 42.9 Å². The highest BCUT2D eigenvalue weighted by Crippen LogP contribution is 2.29. The van der Waals surface area contributed by atoms with Gasteiger partial charge < -0.3 is 5.32 Å². The van der Waals surface area contributed by atoms with E-state index in [4.69, 9.17) is 23.2 Å². The fourth-order valence-corrected chi connectivity index (χ4v) is 2.16. The van der Waals surface area contributed by atoms with Crippen molar-refractivity contribution < 1.29 is 4.39 Å². The largest absolute Gasteiger partial charge is 0.308 e. The SMILES string of the molecule is CNC(c1ccc(F)cn1)c1cc(Cl)ccc1Cl. The summed E-state index contributed by atoms with van der Waals surface area (Å²) in [7, 11) is 1.78. The molecule has 1 heterocycles. The Hall–Kier alpha value is -1.16. The summed E-state index contributed by atoms with van der Waals surface area (Å²) in [5, 5.41) is 4.28. The van der Waals surface area contributed by atoms with Gasteiger partial charge in [0, 0.05) is 10.0 Å². The van der Waals surface area contributed by atoms with Crippen molar-refractivity contribution in [2.75, 3.05) is 7.05 Å². The van der Waals surface area contributed by atoms with Gasteiger partial charge in [0.1, 0.15) is 5.82 Å². The number of hydrogen-bond donors (Lipinski definition) is 1. The molecule has 2 nitrogen and oxygen atoms in total. The van der Waals surface area contributed by atoms with Crippen LogP contribution < -0.4 is 5.32 Å². The Morgan fingerprint density at radius 2 is 2.00 bits per heavy atom. The van der Waals surface area contributed by atoms with Crippen LogP contribution >= 0.6 is 23.2 Å². The van der Waals surface area contributed by atoms with Crippen molar-refractivity contribution in [3.8, 4) is 0 Å². The molecule has 0 bridgehead atoms. The smallest absolute Gasteiger partial charge is 0.141 e. The second-order valence-corrected chi connectivity index (χ2v) is 4.63. The molecule has 2 aromatic rings. The van der Waals surface area contributed by atoms with Crippen molar-refractivity contribution in [2.24, 2.45) is 0 Å². The molecular formula is C13H11Cl2FN2. The number of pyridine rings is 1. The molecule has 1 N–H and O–H groups in total. The first-order valence-electron chi connectivity index (χ1n) is 5.35. The molecule has 18 heavy (non-hydrogen) atoms. The van der Waals surface area contributed by atoms with Crippen LogP contribution in [0.4, 0.5) is 4.39 Å². The number of nitrogens with zero attached hydrogens (tertiary/aromatic N) is 1. The van der Waals surface area contributed by atoms with Gasteiger partial charge in [0.2, 0.25) is 0 Å². The molecule has 0 spiro atoms. The zero-order valence-electron chi connectivity index (χ0n) is 9.62. The van der Waals surface area contributed by atoms with Gasteiger partial charge in [-0.1, -0.05) is 23.2 Å². The minimum atomic E-state index is -0.370. The summed E-state index contributed by atoms with van der Waals surface area (Å²) < 4.78 is 12.9. The van der Waals surface area contributed by atoms with Crippen LogP contribution in [0, 0.1) is 5.82 Å². The van der Waals surface area contributed by atoms with E-state index in [0.29, 0.717) is 15.7 Å². The Balaban J connectivity index is 2.44. The van der Waals surface area contributed by atoms with Crippen LogP contribution in [0.25, 0.3) is 0 Å². The minimum Gasteiger partial charge on any atom is -0.308 e. The Kier molecular flexibility index (Phi) is 4.17. The van der Waals surface area contributed by atoms with Gasteiger partial charge in [-0.3, -0.25) is 4.98 Å². The van der Waals surface area contributed by atoms with Gasteiger partial charge in [0.15, 0.2) is 0 Å².